The highest BCUT2D eigenvalue weighted by molar-refractivity contribution is 9.10. The third kappa shape index (κ3) is 3.21. The molecule has 0 aliphatic carbocycles. The van der Waals surface area contributed by atoms with Crippen molar-refractivity contribution in [1.82, 2.24) is 5.01 Å². The van der Waals surface area contributed by atoms with E-state index in [9.17, 15) is 0 Å². The number of nitrogens with zero attached hydrogens (tertiary/aromatic N) is 2. The molecule has 0 bridgehead atoms. The van der Waals surface area contributed by atoms with Gasteiger partial charge in [0.05, 0.1) is 26.0 Å². The molecule has 3 aromatic carbocycles. The van der Waals surface area contributed by atoms with E-state index in [1.165, 1.54) is 0 Å². The Bertz CT molecular complexity index is 1120. The summed E-state index contributed by atoms with van der Waals surface area (Å²) in [4.78, 5) is 0. The highest BCUT2D eigenvalue weighted by Crippen LogP contribution is 2.48. The van der Waals surface area contributed by atoms with E-state index in [2.05, 4.69) is 39.1 Å². The lowest BCUT2D eigenvalue weighted by molar-refractivity contribution is -0.0190. The number of ether oxygens (including phenoxy) is 3. The van der Waals surface area contributed by atoms with E-state index in [4.69, 9.17) is 19.3 Å². The summed E-state index contributed by atoms with van der Waals surface area (Å²) in [6.45, 7) is 0. The van der Waals surface area contributed by atoms with E-state index >= 15 is 0 Å². The van der Waals surface area contributed by atoms with Crippen LogP contribution >= 0.6 is 15.9 Å². The molecule has 0 saturated heterocycles. The molecule has 0 N–H and O–H groups in total. The van der Waals surface area contributed by atoms with Crippen molar-refractivity contribution >= 4 is 21.6 Å². The van der Waals surface area contributed by atoms with Crippen LogP contribution in [-0.2, 0) is 0 Å². The molecule has 152 valence electrons. The van der Waals surface area contributed by atoms with Crippen LogP contribution < -0.4 is 14.2 Å². The SMILES string of the molecule is COc1ccc(C2=NN3[C@H](C2)c2cc(Br)ccc2O[C@H]3c2ccccc2)cc1OC. The molecule has 0 unspecified atom stereocenters. The zero-order chi connectivity index (χ0) is 20.7. The highest BCUT2D eigenvalue weighted by atomic mass is 79.9. The first-order valence-corrected chi connectivity index (χ1v) is 10.6. The lowest BCUT2D eigenvalue weighted by Crippen LogP contribution is -2.33. The second kappa shape index (κ2) is 7.69. The maximum atomic E-state index is 6.41. The summed E-state index contributed by atoms with van der Waals surface area (Å²) in [7, 11) is 3.29. The zero-order valence-corrected chi connectivity index (χ0v) is 18.3. The third-order valence-electron chi connectivity index (χ3n) is 5.55. The minimum Gasteiger partial charge on any atom is -0.493 e. The molecule has 2 heterocycles. The number of hydrazone groups is 1. The van der Waals surface area contributed by atoms with Crippen molar-refractivity contribution in [2.75, 3.05) is 14.2 Å². The van der Waals surface area contributed by atoms with Gasteiger partial charge < -0.3 is 14.2 Å². The summed E-state index contributed by atoms with van der Waals surface area (Å²) in [6, 6.07) is 22.4. The molecular formula is C24H21BrN2O3. The first kappa shape index (κ1) is 19.0. The van der Waals surface area contributed by atoms with Crippen LogP contribution in [0.2, 0.25) is 0 Å². The normalized spacial score (nSPS) is 19.4. The van der Waals surface area contributed by atoms with Crippen molar-refractivity contribution in [1.29, 1.82) is 0 Å². The number of hydrogen-bond donors (Lipinski definition) is 0. The molecule has 2 aliphatic rings. The van der Waals surface area contributed by atoms with Crippen LogP contribution in [-0.4, -0.2) is 24.9 Å². The lowest BCUT2D eigenvalue weighted by Gasteiger charge is -2.38. The molecule has 2 aliphatic heterocycles. The molecule has 0 radical (unpaired) electrons. The average Bonchev–Trinajstić information content (AvgIpc) is 3.24. The van der Waals surface area contributed by atoms with E-state index in [1.54, 1.807) is 14.2 Å². The monoisotopic (exact) mass is 464 g/mol. The average molecular weight is 465 g/mol. The maximum Gasteiger partial charge on any atom is 0.213 e. The standard InChI is InChI=1S/C24H21BrN2O3/c1-28-22-10-8-16(12-23(22)29-2)19-14-20-18-13-17(25)9-11-21(18)30-24(27(20)26-19)15-6-4-3-5-7-15/h3-13,20,24H,14H2,1-2H3/t20-,24+/m1/s1. The summed E-state index contributed by atoms with van der Waals surface area (Å²) in [5, 5.41) is 7.09. The van der Waals surface area contributed by atoms with Crippen molar-refractivity contribution in [3.63, 3.8) is 0 Å². The van der Waals surface area contributed by atoms with Crippen molar-refractivity contribution in [2.45, 2.75) is 18.7 Å². The fraction of sp³-hybridized carbons (Fsp3) is 0.208. The molecular weight excluding hydrogens is 444 g/mol. The molecule has 0 saturated carbocycles. The number of fused-ring (bicyclic) bond motifs is 3. The van der Waals surface area contributed by atoms with Crippen LogP contribution in [0.1, 0.15) is 35.4 Å². The summed E-state index contributed by atoms with van der Waals surface area (Å²) >= 11 is 3.60. The summed E-state index contributed by atoms with van der Waals surface area (Å²) in [5.74, 6) is 2.30. The van der Waals surface area contributed by atoms with Crippen LogP contribution in [0, 0.1) is 0 Å². The molecule has 0 aromatic heterocycles. The number of rotatable bonds is 4. The second-order valence-corrected chi connectivity index (χ2v) is 8.20. The minimum atomic E-state index is -0.275. The van der Waals surface area contributed by atoms with Crippen molar-refractivity contribution in [2.24, 2.45) is 5.10 Å². The highest BCUT2D eigenvalue weighted by Gasteiger charge is 2.41. The van der Waals surface area contributed by atoms with Crippen LogP contribution in [0.15, 0.2) is 76.3 Å². The Balaban J connectivity index is 1.58. The fourth-order valence-electron chi connectivity index (χ4n) is 4.09. The number of methoxy groups -OCH3 is 2. The smallest absolute Gasteiger partial charge is 0.213 e. The predicted molar refractivity (Wildman–Crippen MR) is 119 cm³/mol. The van der Waals surface area contributed by atoms with E-state index in [0.29, 0.717) is 11.5 Å². The Morgan fingerprint density at radius 2 is 1.77 bits per heavy atom. The van der Waals surface area contributed by atoms with Gasteiger partial charge in [0, 0.05) is 27.6 Å². The van der Waals surface area contributed by atoms with Gasteiger partial charge in [-0.05, 0) is 36.4 Å². The summed E-state index contributed by atoms with van der Waals surface area (Å²) in [6.07, 6.45) is 0.508. The van der Waals surface area contributed by atoms with Gasteiger partial charge in [0.1, 0.15) is 5.75 Å². The Morgan fingerprint density at radius 1 is 0.967 bits per heavy atom. The fourth-order valence-corrected chi connectivity index (χ4v) is 4.46. The maximum absolute atomic E-state index is 6.41. The van der Waals surface area contributed by atoms with Crippen LogP contribution in [0.5, 0.6) is 17.2 Å². The first-order valence-electron chi connectivity index (χ1n) is 9.77. The van der Waals surface area contributed by atoms with Gasteiger partial charge in [-0.25, -0.2) is 5.01 Å². The van der Waals surface area contributed by atoms with Crippen molar-refractivity contribution in [3.8, 4) is 17.2 Å². The molecule has 5 rings (SSSR count). The van der Waals surface area contributed by atoms with Gasteiger partial charge in [0.15, 0.2) is 11.5 Å². The Kier molecular flexibility index (Phi) is 4.87. The quantitative estimate of drug-likeness (QED) is 0.495. The van der Waals surface area contributed by atoms with Crippen molar-refractivity contribution in [3.05, 3.63) is 87.9 Å². The van der Waals surface area contributed by atoms with Crippen LogP contribution in [0.3, 0.4) is 0 Å². The van der Waals surface area contributed by atoms with E-state index in [1.807, 2.05) is 48.5 Å². The Labute approximate surface area is 184 Å². The first-order chi connectivity index (χ1) is 14.7. The van der Waals surface area contributed by atoms with Gasteiger partial charge in [0.25, 0.3) is 0 Å². The number of hydrogen-bond acceptors (Lipinski definition) is 5. The minimum absolute atomic E-state index is 0.0968. The lowest BCUT2D eigenvalue weighted by atomic mass is 9.96. The summed E-state index contributed by atoms with van der Waals surface area (Å²) in [5.41, 5.74) is 4.23. The summed E-state index contributed by atoms with van der Waals surface area (Å²) < 4.78 is 18.3. The zero-order valence-electron chi connectivity index (χ0n) is 16.7. The van der Waals surface area contributed by atoms with Crippen LogP contribution in [0.25, 0.3) is 0 Å². The molecule has 3 aromatic rings. The second-order valence-electron chi connectivity index (χ2n) is 7.28. The number of halogens is 1. The number of benzene rings is 3. The van der Waals surface area contributed by atoms with E-state index in [-0.39, 0.29) is 12.3 Å². The van der Waals surface area contributed by atoms with Gasteiger partial charge >= 0.3 is 0 Å². The Hall–Kier alpha value is -2.99. The predicted octanol–water partition coefficient (Wildman–Crippen LogP) is 5.71. The van der Waals surface area contributed by atoms with Gasteiger partial charge in [-0.2, -0.15) is 5.10 Å². The van der Waals surface area contributed by atoms with Crippen LogP contribution in [0.4, 0.5) is 0 Å². The third-order valence-corrected chi connectivity index (χ3v) is 6.05. The van der Waals surface area contributed by atoms with Gasteiger partial charge in [0.2, 0.25) is 6.23 Å². The molecule has 5 nitrogen and oxygen atoms in total. The van der Waals surface area contributed by atoms with Crippen molar-refractivity contribution < 1.29 is 14.2 Å². The molecule has 6 heteroatoms. The van der Waals surface area contributed by atoms with E-state index < -0.39 is 0 Å². The molecule has 2 atom stereocenters. The molecule has 0 fully saturated rings. The largest absolute Gasteiger partial charge is 0.493 e. The molecule has 0 spiro atoms. The topological polar surface area (TPSA) is 43.3 Å². The van der Waals surface area contributed by atoms with E-state index in [0.717, 1.165) is 39.0 Å². The molecule has 30 heavy (non-hydrogen) atoms. The van der Waals surface area contributed by atoms with Gasteiger partial charge in [-0.15, -0.1) is 0 Å². The van der Waals surface area contributed by atoms with Gasteiger partial charge in [-0.3, -0.25) is 0 Å². The Morgan fingerprint density at radius 3 is 2.53 bits per heavy atom. The molecule has 0 amide bonds. The van der Waals surface area contributed by atoms with Gasteiger partial charge in [-0.1, -0.05) is 46.3 Å².